The Bertz CT molecular complexity index is 800. The number of amides is 3. The van der Waals surface area contributed by atoms with Crippen molar-refractivity contribution >= 4 is 17.7 Å². The van der Waals surface area contributed by atoms with E-state index in [1.807, 2.05) is 13.8 Å². The maximum Gasteiger partial charge on any atom is 0.416 e. The van der Waals surface area contributed by atoms with Gasteiger partial charge in [-0.1, -0.05) is 0 Å². The number of likely N-dealkylation sites (tertiary alicyclic amines) is 2. The maximum absolute atomic E-state index is 12.7. The zero-order valence-electron chi connectivity index (χ0n) is 17.0. The third-order valence-electron chi connectivity index (χ3n) is 5.74. The summed E-state index contributed by atoms with van der Waals surface area (Å²) in [6.45, 7) is 5.08. The SMILES string of the molecule is CC(C)N1CC(C(=O)NC2CCN(C(=O)c3ccc(C(F)(F)F)cc3)CC2)CC1=O. The number of hydrogen-bond acceptors (Lipinski definition) is 3. The fourth-order valence-electron chi connectivity index (χ4n) is 3.94. The van der Waals surface area contributed by atoms with Gasteiger partial charge in [-0.3, -0.25) is 14.4 Å². The van der Waals surface area contributed by atoms with E-state index in [2.05, 4.69) is 5.32 Å². The quantitative estimate of drug-likeness (QED) is 0.807. The van der Waals surface area contributed by atoms with Crippen LogP contribution in [0.4, 0.5) is 13.2 Å². The minimum absolute atomic E-state index is 0.0119. The summed E-state index contributed by atoms with van der Waals surface area (Å²) in [6.07, 6.45) is -3.09. The summed E-state index contributed by atoms with van der Waals surface area (Å²) < 4.78 is 38.0. The van der Waals surface area contributed by atoms with Crippen molar-refractivity contribution in [2.75, 3.05) is 19.6 Å². The predicted molar refractivity (Wildman–Crippen MR) is 103 cm³/mol. The van der Waals surface area contributed by atoms with Gasteiger partial charge in [-0.2, -0.15) is 13.2 Å². The number of alkyl halides is 3. The van der Waals surface area contributed by atoms with Gasteiger partial charge in [0.1, 0.15) is 0 Å². The van der Waals surface area contributed by atoms with Gasteiger partial charge < -0.3 is 15.1 Å². The van der Waals surface area contributed by atoms with Crippen LogP contribution < -0.4 is 5.32 Å². The first kappa shape index (κ1) is 22.1. The minimum atomic E-state index is -4.44. The molecule has 3 amide bonds. The lowest BCUT2D eigenvalue weighted by Gasteiger charge is -2.33. The molecule has 0 radical (unpaired) electrons. The van der Waals surface area contributed by atoms with E-state index in [0.717, 1.165) is 12.1 Å². The molecule has 1 atom stereocenters. The van der Waals surface area contributed by atoms with Gasteiger partial charge in [-0.15, -0.1) is 0 Å². The Hall–Kier alpha value is -2.58. The van der Waals surface area contributed by atoms with Gasteiger partial charge in [0.05, 0.1) is 11.5 Å². The molecular weight excluding hydrogens is 399 g/mol. The Morgan fingerprint density at radius 2 is 1.70 bits per heavy atom. The molecule has 2 fully saturated rings. The molecule has 6 nitrogen and oxygen atoms in total. The summed E-state index contributed by atoms with van der Waals surface area (Å²) in [5.74, 6) is -0.824. The predicted octanol–water partition coefficient (Wildman–Crippen LogP) is 2.68. The highest BCUT2D eigenvalue weighted by Gasteiger charge is 2.36. The van der Waals surface area contributed by atoms with Gasteiger partial charge in [0.2, 0.25) is 11.8 Å². The number of piperidine rings is 1. The Morgan fingerprint density at radius 1 is 1.10 bits per heavy atom. The molecule has 2 aliphatic rings. The van der Waals surface area contributed by atoms with Crippen LogP contribution >= 0.6 is 0 Å². The monoisotopic (exact) mass is 425 g/mol. The second-order valence-electron chi connectivity index (χ2n) is 8.19. The van der Waals surface area contributed by atoms with Crippen molar-refractivity contribution in [3.05, 3.63) is 35.4 Å². The van der Waals surface area contributed by atoms with E-state index < -0.39 is 11.7 Å². The second kappa shape index (κ2) is 8.65. The van der Waals surface area contributed by atoms with Crippen molar-refractivity contribution in [3.63, 3.8) is 0 Å². The molecule has 0 aromatic heterocycles. The highest BCUT2D eigenvalue weighted by molar-refractivity contribution is 5.94. The van der Waals surface area contributed by atoms with Gasteiger partial charge in [-0.25, -0.2) is 0 Å². The number of rotatable bonds is 4. The number of carbonyl (C=O) groups is 3. The fourth-order valence-corrected chi connectivity index (χ4v) is 3.94. The number of nitrogens with one attached hydrogen (secondary N) is 1. The highest BCUT2D eigenvalue weighted by Crippen LogP contribution is 2.29. The van der Waals surface area contributed by atoms with E-state index in [-0.39, 0.29) is 47.7 Å². The number of hydrogen-bond donors (Lipinski definition) is 1. The first-order valence-corrected chi connectivity index (χ1v) is 10.1. The van der Waals surface area contributed by atoms with Gasteiger partial charge in [0.15, 0.2) is 0 Å². The number of nitrogens with zero attached hydrogens (tertiary/aromatic N) is 2. The largest absolute Gasteiger partial charge is 0.416 e. The second-order valence-corrected chi connectivity index (χ2v) is 8.19. The molecule has 1 aromatic carbocycles. The Labute approximate surface area is 173 Å². The Morgan fingerprint density at radius 3 is 2.20 bits per heavy atom. The first-order valence-electron chi connectivity index (χ1n) is 10.1. The van der Waals surface area contributed by atoms with Crippen molar-refractivity contribution in [3.8, 4) is 0 Å². The molecule has 1 N–H and O–H groups in total. The third kappa shape index (κ3) is 4.94. The van der Waals surface area contributed by atoms with E-state index in [4.69, 9.17) is 0 Å². The summed E-state index contributed by atoms with van der Waals surface area (Å²) in [4.78, 5) is 40.3. The van der Waals surface area contributed by atoms with E-state index in [1.54, 1.807) is 9.80 Å². The van der Waals surface area contributed by atoms with Crippen LogP contribution in [0.25, 0.3) is 0 Å². The van der Waals surface area contributed by atoms with Crippen molar-refractivity contribution in [2.24, 2.45) is 5.92 Å². The summed E-state index contributed by atoms with van der Waals surface area (Å²) in [6, 6.07) is 4.17. The Balaban J connectivity index is 1.49. The molecule has 1 aromatic rings. The number of carbonyl (C=O) groups excluding carboxylic acids is 3. The highest BCUT2D eigenvalue weighted by atomic mass is 19.4. The van der Waals surface area contributed by atoms with Crippen LogP contribution in [0.15, 0.2) is 24.3 Å². The molecule has 3 rings (SSSR count). The molecule has 0 saturated carbocycles. The van der Waals surface area contributed by atoms with Crippen LogP contribution in [0.3, 0.4) is 0 Å². The van der Waals surface area contributed by atoms with Crippen LogP contribution in [0.2, 0.25) is 0 Å². The average Bonchev–Trinajstić information content (AvgIpc) is 3.10. The average molecular weight is 425 g/mol. The van der Waals surface area contributed by atoms with Crippen LogP contribution in [-0.4, -0.2) is 59.2 Å². The van der Waals surface area contributed by atoms with Crippen molar-refractivity contribution in [2.45, 2.75) is 51.4 Å². The number of benzene rings is 1. The standard InChI is InChI=1S/C21H26F3N3O3/c1-13(2)27-12-15(11-18(27)28)19(29)25-17-7-9-26(10-8-17)20(30)14-3-5-16(6-4-14)21(22,23)24/h3-6,13,15,17H,7-12H2,1-2H3,(H,25,29). The van der Waals surface area contributed by atoms with Gasteiger partial charge in [-0.05, 0) is 51.0 Å². The lowest BCUT2D eigenvalue weighted by molar-refractivity contribution is -0.137. The van der Waals surface area contributed by atoms with Gasteiger partial charge in [0.25, 0.3) is 5.91 Å². The Kier molecular flexibility index (Phi) is 6.38. The van der Waals surface area contributed by atoms with E-state index in [9.17, 15) is 27.6 Å². The molecule has 2 heterocycles. The zero-order valence-corrected chi connectivity index (χ0v) is 17.0. The summed E-state index contributed by atoms with van der Waals surface area (Å²) in [7, 11) is 0. The fraction of sp³-hybridized carbons (Fsp3) is 0.571. The smallest absolute Gasteiger partial charge is 0.353 e. The molecule has 1 unspecified atom stereocenters. The van der Waals surface area contributed by atoms with Crippen LogP contribution in [0.1, 0.15) is 49.0 Å². The van der Waals surface area contributed by atoms with Crippen LogP contribution in [-0.2, 0) is 15.8 Å². The normalized spacial score (nSPS) is 20.7. The molecule has 9 heteroatoms. The summed E-state index contributed by atoms with van der Waals surface area (Å²) in [5.41, 5.74) is -0.578. The van der Waals surface area contributed by atoms with Crippen LogP contribution in [0.5, 0.6) is 0 Å². The minimum Gasteiger partial charge on any atom is -0.353 e. The topological polar surface area (TPSA) is 69.7 Å². The lowest BCUT2D eigenvalue weighted by Crippen LogP contribution is -2.48. The van der Waals surface area contributed by atoms with E-state index >= 15 is 0 Å². The zero-order chi connectivity index (χ0) is 22.1. The molecule has 30 heavy (non-hydrogen) atoms. The molecule has 0 aliphatic carbocycles. The van der Waals surface area contributed by atoms with Gasteiger partial charge >= 0.3 is 6.18 Å². The molecule has 2 saturated heterocycles. The maximum atomic E-state index is 12.7. The van der Waals surface area contributed by atoms with Crippen molar-refractivity contribution in [1.82, 2.24) is 15.1 Å². The third-order valence-corrected chi connectivity index (χ3v) is 5.74. The molecule has 0 spiro atoms. The van der Waals surface area contributed by atoms with Crippen molar-refractivity contribution < 1.29 is 27.6 Å². The lowest BCUT2D eigenvalue weighted by atomic mass is 10.0. The van der Waals surface area contributed by atoms with E-state index in [1.165, 1.54) is 12.1 Å². The van der Waals surface area contributed by atoms with Gasteiger partial charge in [0, 0.05) is 43.7 Å². The van der Waals surface area contributed by atoms with Crippen molar-refractivity contribution in [1.29, 1.82) is 0 Å². The number of halogens is 3. The first-order chi connectivity index (χ1) is 14.1. The molecule has 0 bridgehead atoms. The summed E-state index contributed by atoms with van der Waals surface area (Å²) in [5, 5.41) is 2.98. The summed E-state index contributed by atoms with van der Waals surface area (Å²) >= 11 is 0. The molecule has 2 aliphatic heterocycles. The van der Waals surface area contributed by atoms with E-state index in [0.29, 0.717) is 32.5 Å². The molecular formula is C21H26F3N3O3. The van der Waals surface area contributed by atoms with Crippen LogP contribution in [0, 0.1) is 5.92 Å². The molecule has 164 valence electrons.